The number of urea groups is 1. The molecule has 1 heterocycles. The lowest BCUT2D eigenvalue weighted by Gasteiger charge is -2.35. The van der Waals surface area contributed by atoms with Crippen LogP contribution in [0.25, 0.3) is 0 Å². The number of carbonyl (C=O) groups excluding carboxylic acids is 1. The monoisotopic (exact) mass is 256 g/mol. The molecule has 1 saturated heterocycles. The molecule has 5 nitrogen and oxygen atoms in total. The predicted octanol–water partition coefficient (Wildman–Crippen LogP) is 1.93. The van der Waals surface area contributed by atoms with Crippen LogP contribution in [0.3, 0.4) is 0 Å². The second-order valence-electron chi connectivity index (χ2n) is 5.50. The number of nitrogens with one attached hydrogen (secondary N) is 1. The molecule has 1 rings (SSSR count). The zero-order valence-corrected chi connectivity index (χ0v) is 11.5. The van der Waals surface area contributed by atoms with Crippen molar-refractivity contribution in [3.05, 3.63) is 0 Å². The van der Waals surface area contributed by atoms with Crippen LogP contribution in [0.4, 0.5) is 4.79 Å². The number of rotatable bonds is 4. The molecular formula is C13H24N2O3. The van der Waals surface area contributed by atoms with Crippen molar-refractivity contribution in [3.63, 3.8) is 0 Å². The summed E-state index contributed by atoms with van der Waals surface area (Å²) in [5.41, 5.74) is 0. The summed E-state index contributed by atoms with van der Waals surface area (Å²) < 4.78 is 0. The number of carboxylic acid groups (broad SMARTS) is 1. The van der Waals surface area contributed by atoms with Crippen LogP contribution in [0.5, 0.6) is 0 Å². The molecule has 0 saturated carbocycles. The second kappa shape index (κ2) is 6.61. The minimum absolute atomic E-state index is 0.0127. The van der Waals surface area contributed by atoms with Crippen LogP contribution < -0.4 is 5.32 Å². The number of piperidine rings is 1. The van der Waals surface area contributed by atoms with Gasteiger partial charge in [0.2, 0.25) is 0 Å². The number of hydrogen-bond acceptors (Lipinski definition) is 2. The Morgan fingerprint density at radius 3 is 2.33 bits per heavy atom. The van der Waals surface area contributed by atoms with E-state index in [1.807, 2.05) is 11.8 Å². The van der Waals surface area contributed by atoms with E-state index in [0.717, 1.165) is 19.5 Å². The summed E-state index contributed by atoms with van der Waals surface area (Å²) in [6, 6.07) is -0.399. The summed E-state index contributed by atoms with van der Waals surface area (Å²) >= 11 is 0. The highest BCUT2D eigenvalue weighted by molar-refractivity contribution is 5.76. The van der Waals surface area contributed by atoms with Crippen LogP contribution in [0.1, 0.15) is 40.0 Å². The third kappa shape index (κ3) is 4.55. The largest absolute Gasteiger partial charge is 0.481 e. The molecule has 3 unspecified atom stereocenters. The quantitative estimate of drug-likeness (QED) is 0.807. The molecule has 1 aliphatic heterocycles. The van der Waals surface area contributed by atoms with E-state index in [1.165, 1.54) is 0 Å². The van der Waals surface area contributed by atoms with E-state index < -0.39 is 5.97 Å². The predicted molar refractivity (Wildman–Crippen MR) is 69.4 cm³/mol. The first-order valence-corrected chi connectivity index (χ1v) is 6.69. The average molecular weight is 256 g/mol. The van der Waals surface area contributed by atoms with Gasteiger partial charge in [-0.15, -0.1) is 0 Å². The topological polar surface area (TPSA) is 69.6 Å². The van der Waals surface area contributed by atoms with E-state index in [0.29, 0.717) is 18.3 Å². The van der Waals surface area contributed by atoms with Gasteiger partial charge >= 0.3 is 12.0 Å². The highest BCUT2D eigenvalue weighted by Gasteiger charge is 2.26. The van der Waals surface area contributed by atoms with Crippen LogP contribution in [0.2, 0.25) is 0 Å². The number of amides is 2. The molecule has 18 heavy (non-hydrogen) atoms. The van der Waals surface area contributed by atoms with Crippen molar-refractivity contribution in [1.82, 2.24) is 10.2 Å². The second-order valence-corrected chi connectivity index (χ2v) is 5.50. The minimum atomic E-state index is -0.873. The summed E-state index contributed by atoms with van der Waals surface area (Å²) in [7, 11) is 0. The normalized spacial score (nSPS) is 25.6. The molecule has 0 bridgehead atoms. The SMILES string of the molecule is CCC(CC(=O)O)NC(=O)N1CC(C)CC(C)C1. The van der Waals surface area contributed by atoms with E-state index >= 15 is 0 Å². The summed E-state index contributed by atoms with van der Waals surface area (Å²) in [5.74, 6) is 0.153. The van der Waals surface area contributed by atoms with Crippen molar-refractivity contribution in [1.29, 1.82) is 0 Å². The Morgan fingerprint density at radius 2 is 1.89 bits per heavy atom. The molecule has 3 atom stereocenters. The van der Waals surface area contributed by atoms with E-state index in [2.05, 4.69) is 19.2 Å². The van der Waals surface area contributed by atoms with E-state index in [1.54, 1.807) is 0 Å². The molecule has 2 amide bonds. The molecule has 0 aromatic heterocycles. The number of likely N-dealkylation sites (tertiary alicyclic amines) is 1. The zero-order chi connectivity index (χ0) is 13.7. The van der Waals surface area contributed by atoms with Gasteiger partial charge in [-0.2, -0.15) is 0 Å². The Balaban J connectivity index is 2.50. The fourth-order valence-corrected chi connectivity index (χ4v) is 2.60. The van der Waals surface area contributed by atoms with Gasteiger partial charge in [0.05, 0.1) is 6.42 Å². The van der Waals surface area contributed by atoms with Crippen LogP contribution >= 0.6 is 0 Å². The molecule has 0 radical (unpaired) electrons. The number of nitrogens with zero attached hydrogens (tertiary/aromatic N) is 1. The van der Waals surface area contributed by atoms with E-state index in [9.17, 15) is 9.59 Å². The highest BCUT2D eigenvalue weighted by atomic mass is 16.4. The smallest absolute Gasteiger partial charge is 0.317 e. The molecule has 0 aliphatic carbocycles. The van der Waals surface area contributed by atoms with Gasteiger partial charge in [0.15, 0.2) is 0 Å². The van der Waals surface area contributed by atoms with Crippen LogP contribution in [-0.2, 0) is 4.79 Å². The molecule has 0 aromatic carbocycles. The number of carbonyl (C=O) groups is 2. The molecule has 0 aromatic rings. The standard InChI is InChI=1S/C13H24N2O3/c1-4-11(6-12(16)17)14-13(18)15-7-9(2)5-10(3)8-15/h9-11H,4-8H2,1-3H3,(H,14,18)(H,16,17). The summed E-state index contributed by atoms with van der Waals surface area (Å²) in [4.78, 5) is 24.5. The first kappa shape index (κ1) is 14.8. The molecule has 0 spiro atoms. The van der Waals surface area contributed by atoms with E-state index in [-0.39, 0.29) is 18.5 Å². The van der Waals surface area contributed by atoms with Gasteiger partial charge in [-0.05, 0) is 24.7 Å². The fraction of sp³-hybridized carbons (Fsp3) is 0.846. The Morgan fingerprint density at radius 1 is 1.33 bits per heavy atom. The van der Waals surface area contributed by atoms with Gasteiger partial charge in [0.25, 0.3) is 0 Å². The minimum Gasteiger partial charge on any atom is -0.481 e. The van der Waals surface area contributed by atoms with Crippen molar-refractivity contribution in [2.24, 2.45) is 11.8 Å². The summed E-state index contributed by atoms with van der Waals surface area (Å²) in [5, 5.41) is 11.6. The number of hydrogen-bond donors (Lipinski definition) is 2. The van der Waals surface area contributed by atoms with Crippen molar-refractivity contribution in [2.75, 3.05) is 13.1 Å². The number of carboxylic acids is 1. The van der Waals surface area contributed by atoms with Crippen molar-refractivity contribution in [2.45, 2.75) is 46.1 Å². The Kier molecular flexibility index (Phi) is 5.44. The Bertz CT molecular complexity index is 297. The van der Waals surface area contributed by atoms with Gasteiger partial charge < -0.3 is 15.3 Å². The Hall–Kier alpha value is -1.26. The van der Waals surface area contributed by atoms with Crippen LogP contribution in [0, 0.1) is 11.8 Å². The number of aliphatic carboxylic acids is 1. The van der Waals surface area contributed by atoms with Crippen LogP contribution in [-0.4, -0.2) is 41.1 Å². The maximum Gasteiger partial charge on any atom is 0.317 e. The van der Waals surface area contributed by atoms with Crippen LogP contribution in [0.15, 0.2) is 0 Å². The lowest BCUT2D eigenvalue weighted by Crippen LogP contribution is -2.50. The zero-order valence-electron chi connectivity index (χ0n) is 11.5. The molecule has 104 valence electrons. The Labute approximate surface area is 109 Å². The highest BCUT2D eigenvalue weighted by Crippen LogP contribution is 2.20. The van der Waals surface area contributed by atoms with E-state index in [4.69, 9.17) is 5.11 Å². The maximum atomic E-state index is 12.1. The average Bonchev–Trinajstić information content (AvgIpc) is 2.26. The molecule has 1 fully saturated rings. The molecule has 2 N–H and O–H groups in total. The third-order valence-corrected chi connectivity index (χ3v) is 3.40. The molecule has 1 aliphatic rings. The summed E-state index contributed by atoms with van der Waals surface area (Å²) in [6.45, 7) is 7.70. The van der Waals surface area contributed by atoms with Crippen molar-refractivity contribution >= 4 is 12.0 Å². The first-order chi connectivity index (χ1) is 8.42. The van der Waals surface area contributed by atoms with Gasteiger partial charge in [-0.25, -0.2) is 4.79 Å². The first-order valence-electron chi connectivity index (χ1n) is 6.69. The lowest BCUT2D eigenvalue weighted by molar-refractivity contribution is -0.137. The maximum absolute atomic E-state index is 12.1. The van der Waals surface area contributed by atoms with Gasteiger partial charge in [-0.1, -0.05) is 20.8 Å². The van der Waals surface area contributed by atoms with Crippen molar-refractivity contribution < 1.29 is 14.7 Å². The molecular weight excluding hydrogens is 232 g/mol. The fourth-order valence-electron chi connectivity index (χ4n) is 2.60. The van der Waals surface area contributed by atoms with Gasteiger partial charge in [0.1, 0.15) is 0 Å². The third-order valence-electron chi connectivity index (χ3n) is 3.40. The van der Waals surface area contributed by atoms with Gasteiger partial charge in [0, 0.05) is 19.1 Å². The van der Waals surface area contributed by atoms with Gasteiger partial charge in [-0.3, -0.25) is 4.79 Å². The van der Waals surface area contributed by atoms with Crippen molar-refractivity contribution in [3.8, 4) is 0 Å². The molecule has 5 heteroatoms. The summed E-state index contributed by atoms with van der Waals surface area (Å²) in [6.07, 6.45) is 1.77. The lowest BCUT2D eigenvalue weighted by atomic mass is 9.92.